The van der Waals surface area contributed by atoms with Crippen molar-refractivity contribution in [1.82, 2.24) is 14.5 Å². The van der Waals surface area contributed by atoms with Crippen LogP contribution in [0.25, 0.3) is 0 Å². The van der Waals surface area contributed by atoms with Crippen molar-refractivity contribution >= 4 is 6.09 Å². The third-order valence-corrected chi connectivity index (χ3v) is 4.49. The number of aliphatic hydroxyl groups excluding tert-OH is 1. The third-order valence-electron chi connectivity index (χ3n) is 4.49. The molecule has 1 aliphatic rings. The fourth-order valence-corrected chi connectivity index (χ4v) is 3.22. The summed E-state index contributed by atoms with van der Waals surface area (Å²) in [7, 11) is 1.86. The summed E-state index contributed by atoms with van der Waals surface area (Å²) in [5.74, 6) is 0.0558. The lowest BCUT2D eigenvalue weighted by atomic mass is 9.75. The topological polar surface area (TPSA) is 78.6 Å². The lowest BCUT2D eigenvalue weighted by Gasteiger charge is -2.45. The zero-order valence-electron chi connectivity index (χ0n) is 13.2. The number of nitrogens with zero attached hydrogens (tertiary/aromatic N) is 3. The summed E-state index contributed by atoms with van der Waals surface area (Å²) in [6, 6.07) is -0.0865. The number of hydrogen-bond donors (Lipinski definition) is 2. The average molecular weight is 295 g/mol. The highest BCUT2D eigenvalue weighted by molar-refractivity contribution is 5.65. The maximum atomic E-state index is 11.4. The van der Waals surface area contributed by atoms with Crippen LogP contribution in [0.15, 0.2) is 12.5 Å². The Hall–Kier alpha value is -1.56. The molecule has 1 fully saturated rings. The molecule has 0 radical (unpaired) electrons. The van der Waals surface area contributed by atoms with Crippen LogP contribution in [0.3, 0.4) is 0 Å². The minimum absolute atomic E-state index is 0.0558. The second-order valence-corrected chi connectivity index (χ2v) is 7.02. The molecule has 0 bridgehead atoms. The van der Waals surface area contributed by atoms with Gasteiger partial charge in [0.05, 0.1) is 24.3 Å². The van der Waals surface area contributed by atoms with Crippen LogP contribution >= 0.6 is 0 Å². The number of carbonyl (C=O) groups is 1. The summed E-state index contributed by atoms with van der Waals surface area (Å²) in [6.45, 7) is 6.61. The molecule has 6 heteroatoms. The predicted octanol–water partition coefficient (Wildman–Crippen LogP) is 2.26. The SMILES string of the molecule is Cn1cncc1C(O)C1CCN(C(=O)O)C(C(C)(C)C)C1. The summed E-state index contributed by atoms with van der Waals surface area (Å²) in [4.78, 5) is 17.0. The minimum atomic E-state index is -0.872. The van der Waals surface area contributed by atoms with E-state index < -0.39 is 12.2 Å². The molecule has 3 atom stereocenters. The van der Waals surface area contributed by atoms with Crippen molar-refractivity contribution in [1.29, 1.82) is 0 Å². The molecule has 1 aliphatic heterocycles. The average Bonchev–Trinajstić information content (AvgIpc) is 2.82. The van der Waals surface area contributed by atoms with Crippen LogP contribution in [0.4, 0.5) is 4.79 Å². The quantitative estimate of drug-likeness (QED) is 0.877. The number of hydrogen-bond acceptors (Lipinski definition) is 3. The zero-order valence-corrected chi connectivity index (χ0v) is 13.2. The Morgan fingerprint density at radius 3 is 2.62 bits per heavy atom. The molecule has 0 aromatic carbocycles. The lowest BCUT2D eigenvalue weighted by molar-refractivity contribution is -0.00295. The van der Waals surface area contributed by atoms with Gasteiger partial charge >= 0.3 is 6.09 Å². The Morgan fingerprint density at radius 1 is 1.48 bits per heavy atom. The number of likely N-dealkylation sites (tertiary alicyclic amines) is 1. The highest BCUT2D eigenvalue weighted by atomic mass is 16.4. The van der Waals surface area contributed by atoms with E-state index in [1.54, 1.807) is 12.5 Å². The van der Waals surface area contributed by atoms with Gasteiger partial charge in [-0.25, -0.2) is 9.78 Å². The second kappa shape index (κ2) is 5.67. The van der Waals surface area contributed by atoms with E-state index >= 15 is 0 Å². The molecule has 0 spiro atoms. The molecule has 1 amide bonds. The number of rotatable bonds is 2. The van der Waals surface area contributed by atoms with Gasteiger partial charge in [0.15, 0.2) is 0 Å². The molecule has 3 unspecified atom stereocenters. The van der Waals surface area contributed by atoms with Gasteiger partial charge in [-0.1, -0.05) is 20.8 Å². The predicted molar refractivity (Wildman–Crippen MR) is 78.9 cm³/mol. The summed E-state index contributed by atoms with van der Waals surface area (Å²) >= 11 is 0. The van der Waals surface area contributed by atoms with Gasteiger partial charge in [0, 0.05) is 19.6 Å². The van der Waals surface area contributed by atoms with E-state index in [0.29, 0.717) is 19.4 Å². The van der Waals surface area contributed by atoms with Crippen molar-refractivity contribution in [3.05, 3.63) is 18.2 Å². The van der Waals surface area contributed by atoms with Crippen LogP contribution in [-0.4, -0.2) is 43.3 Å². The van der Waals surface area contributed by atoms with Crippen LogP contribution in [0, 0.1) is 11.3 Å². The lowest BCUT2D eigenvalue weighted by Crippen LogP contribution is -2.52. The van der Waals surface area contributed by atoms with Gasteiger partial charge < -0.3 is 19.7 Å². The smallest absolute Gasteiger partial charge is 0.407 e. The number of aromatic nitrogens is 2. The van der Waals surface area contributed by atoms with Crippen molar-refractivity contribution < 1.29 is 15.0 Å². The molecule has 2 rings (SSSR count). The molecule has 21 heavy (non-hydrogen) atoms. The number of amides is 1. The number of aryl methyl sites for hydroxylation is 1. The Morgan fingerprint density at radius 2 is 2.14 bits per heavy atom. The van der Waals surface area contributed by atoms with E-state index in [1.165, 1.54) is 4.90 Å². The van der Waals surface area contributed by atoms with Crippen molar-refractivity contribution in [2.24, 2.45) is 18.4 Å². The normalized spacial score (nSPS) is 24.9. The summed E-state index contributed by atoms with van der Waals surface area (Å²) in [5.41, 5.74) is 0.639. The third kappa shape index (κ3) is 3.20. The van der Waals surface area contributed by atoms with Gasteiger partial charge in [0.1, 0.15) is 0 Å². The number of aliphatic hydroxyl groups is 1. The van der Waals surface area contributed by atoms with Gasteiger partial charge in [-0.05, 0) is 24.2 Å². The van der Waals surface area contributed by atoms with Gasteiger partial charge in [0.2, 0.25) is 0 Å². The highest BCUT2D eigenvalue weighted by Crippen LogP contribution is 2.39. The van der Waals surface area contributed by atoms with Crippen LogP contribution in [0.5, 0.6) is 0 Å². The fourth-order valence-electron chi connectivity index (χ4n) is 3.22. The second-order valence-electron chi connectivity index (χ2n) is 7.02. The molecule has 6 nitrogen and oxygen atoms in total. The Kier molecular flexibility index (Phi) is 4.27. The molecular weight excluding hydrogens is 270 g/mol. The summed E-state index contributed by atoms with van der Waals surface area (Å²) in [6.07, 6.45) is 3.22. The standard InChI is InChI=1S/C15H25N3O3/c1-15(2,3)12-7-10(5-6-18(12)14(20)21)13(19)11-8-16-9-17(11)4/h8-10,12-13,19H,5-7H2,1-4H3,(H,20,21). The largest absolute Gasteiger partial charge is 0.465 e. The highest BCUT2D eigenvalue weighted by Gasteiger charge is 2.41. The van der Waals surface area contributed by atoms with E-state index in [0.717, 1.165) is 5.69 Å². The van der Waals surface area contributed by atoms with Crippen molar-refractivity contribution in [2.75, 3.05) is 6.54 Å². The summed E-state index contributed by atoms with van der Waals surface area (Å²) < 4.78 is 1.82. The molecule has 1 aromatic rings. The Bertz CT molecular complexity index is 507. The van der Waals surface area contributed by atoms with Gasteiger partial charge in [-0.2, -0.15) is 0 Å². The van der Waals surface area contributed by atoms with Crippen LogP contribution in [0.2, 0.25) is 0 Å². The Balaban J connectivity index is 2.18. The van der Waals surface area contributed by atoms with Crippen LogP contribution in [0.1, 0.15) is 45.4 Å². The monoisotopic (exact) mass is 295 g/mol. The van der Waals surface area contributed by atoms with Crippen LogP contribution < -0.4 is 0 Å². The van der Waals surface area contributed by atoms with Crippen molar-refractivity contribution in [2.45, 2.75) is 45.8 Å². The molecule has 1 aromatic heterocycles. The van der Waals surface area contributed by atoms with Gasteiger partial charge in [0.25, 0.3) is 0 Å². The maximum Gasteiger partial charge on any atom is 0.407 e. The first kappa shape index (κ1) is 15.8. The van der Waals surface area contributed by atoms with Crippen LogP contribution in [-0.2, 0) is 7.05 Å². The zero-order chi connectivity index (χ0) is 15.8. The first-order valence-corrected chi connectivity index (χ1v) is 7.35. The molecule has 2 heterocycles. The molecule has 118 valence electrons. The molecule has 1 saturated heterocycles. The fraction of sp³-hybridized carbons (Fsp3) is 0.733. The maximum absolute atomic E-state index is 11.4. The van der Waals surface area contributed by atoms with E-state index in [-0.39, 0.29) is 17.4 Å². The number of carboxylic acid groups (broad SMARTS) is 1. The molecule has 0 aliphatic carbocycles. The first-order valence-electron chi connectivity index (χ1n) is 7.35. The molecular formula is C15H25N3O3. The Labute approximate surface area is 125 Å². The first-order chi connectivity index (χ1) is 9.71. The molecule has 2 N–H and O–H groups in total. The van der Waals surface area contributed by atoms with E-state index in [9.17, 15) is 15.0 Å². The minimum Gasteiger partial charge on any atom is -0.465 e. The number of imidazole rings is 1. The molecule has 0 saturated carbocycles. The van der Waals surface area contributed by atoms with Gasteiger partial charge in [-0.3, -0.25) is 0 Å². The van der Waals surface area contributed by atoms with E-state index in [1.807, 2.05) is 32.4 Å². The van der Waals surface area contributed by atoms with E-state index in [4.69, 9.17) is 0 Å². The van der Waals surface area contributed by atoms with Crippen molar-refractivity contribution in [3.63, 3.8) is 0 Å². The van der Waals surface area contributed by atoms with E-state index in [2.05, 4.69) is 4.98 Å². The number of piperidine rings is 1. The van der Waals surface area contributed by atoms with Gasteiger partial charge in [-0.15, -0.1) is 0 Å². The summed E-state index contributed by atoms with van der Waals surface area (Å²) in [5, 5.41) is 20.0. The van der Waals surface area contributed by atoms with Crippen molar-refractivity contribution in [3.8, 4) is 0 Å².